The number of likely N-dealkylation sites (N-methyl/N-ethyl adjacent to an activating group) is 1. The van der Waals surface area contributed by atoms with Gasteiger partial charge in [0.25, 0.3) is 0 Å². The van der Waals surface area contributed by atoms with Gasteiger partial charge in [0.2, 0.25) is 0 Å². The lowest BCUT2D eigenvalue weighted by Crippen LogP contribution is -2.50. The van der Waals surface area contributed by atoms with Crippen molar-refractivity contribution in [2.24, 2.45) is 0 Å². The molecule has 2 unspecified atom stereocenters. The Morgan fingerprint density at radius 1 is 0.492 bits per heavy atom. The van der Waals surface area contributed by atoms with E-state index in [1.54, 1.807) is 0 Å². The predicted molar refractivity (Wildman–Crippen MR) is 275 cm³/mol. The lowest BCUT2D eigenvalue weighted by Gasteiger charge is -2.31. The Kier molecular flexibility index (Phi) is 45.3. The molecule has 0 rings (SSSR count). The second kappa shape index (κ2) is 47.5. The Bertz CT molecular complexity index is 1250. The molecule has 0 heterocycles. The van der Waals surface area contributed by atoms with E-state index in [1.807, 2.05) is 21.1 Å². The van der Waals surface area contributed by atoms with Gasteiger partial charge in [0.1, 0.15) is 6.61 Å². The van der Waals surface area contributed by atoms with Crippen LogP contribution >= 0.6 is 0 Å². The molecule has 2 atom stereocenters. The zero-order valence-corrected chi connectivity index (χ0v) is 42.9. The molecule has 8 nitrogen and oxygen atoms in total. The Labute approximate surface area is 400 Å². The fourth-order valence-electron chi connectivity index (χ4n) is 7.80. The molecule has 0 radical (unpaired) electrons. The molecule has 0 aliphatic carbocycles. The summed E-state index contributed by atoms with van der Waals surface area (Å²) in [6, 6.07) is -0.618. The zero-order chi connectivity index (χ0) is 47.7. The number of carbonyl (C=O) groups is 3. The van der Waals surface area contributed by atoms with E-state index in [0.717, 1.165) is 57.8 Å². The van der Waals surface area contributed by atoms with Gasteiger partial charge in [-0.3, -0.25) is 9.59 Å². The first-order valence-electron chi connectivity index (χ1n) is 26.8. The summed E-state index contributed by atoms with van der Waals surface area (Å²) in [6.07, 6.45) is 59.8. The van der Waals surface area contributed by atoms with E-state index >= 15 is 0 Å². The molecule has 0 saturated carbocycles. The van der Waals surface area contributed by atoms with Crippen molar-refractivity contribution < 1.29 is 38.2 Å². The third-order valence-corrected chi connectivity index (χ3v) is 11.9. The Hall–Kier alpha value is -2.97. The van der Waals surface area contributed by atoms with Gasteiger partial charge in [-0.25, -0.2) is 4.79 Å². The van der Waals surface area contributed by atoms with E-state index < -0.39 is 18.1 Å². The van der Waals surface area contributed by atoms with Gasteiger partial charge >= 0.3 is 17.9 Å². The topological polar surface area (TPSA) is 99.1 Å². The zero-order valence-electron chi connectivity index (χ0n) is 42.9. The predicted octanol–water partition coefficient (Wildman–Crippen LogP) is 15.7. The standard InChI is InChI=1S/C57H101NO7/c1-6-8-10-12-14-16-18-20-22-24-26-28-30-31-33-35-37-39-41-43-45-47-55(59)64-52-53(51-63-50-49-54(57(61)62)58(3,4)5)65-56(60)48-46-44-42-40-38-36-34-32-29-27-25-23-21-19-17-15-13-11-9-7-2/h8,10,14,16-17,19-23,53-54H,6-7,9,11-13,15,18,24-52H2,1-5H3/p+1/b10-8+,16-14+,19-17+,22-20+,23-21+. The number of aliphatic carboxylic acids is 1. The second-order valence-corrected chi connectivity index (χ2v) is 19.1. The number of hydrogen-bond acceptors (Lipinski definition) is 6. The fraction of sp³-hybridized carbons (Fsp3) is 0.772. The maximum absolute atomic E-state index is 12.8. The number of rotatable bonds is 48. The minimum Gasteiger partial charge on any atom is -0.477 e. The molecule has 0 saturated heterocycles. The van der Waals surface area contributed by atoms with Crippen LogP contribution in [0.5, 0.6) is 0 Å². The smallest absolute Gasteiger partial charge is 0.362 e. The average Bonchev–Trinajstić information content (AvgIpc) is 3.27. The summed E-state index contributed by atoms with van der Waals surface area (Å²) < 4.78 is 17.4. The van der Waals surface area contributed by atoms with Crippen LogP contribution in [0.15, 0.2) is 60.8 Å². The average molecular weight is 913 g/mol. The normalized spacial score (nSPS) is 13.3. The summed E-state index contributed by atoms with van der Waals surface area (Å²) >= 11 is 0. The van der Waals surface area contributed by atoms with E-state index in [9.17, 15) is 19.5 Å². The summed E-state index contributed by atoms with van der Waals surface area (Å²) in [5.41, 5.74) is 0. The largest absolute Gasteiger partial charge is 0.477 e. The van der Waals surface area contributed by atoms with E-state index in [0.29, 0.717) is 19.3 Å². The van der Waals surface area contributed by atoms with Gasteiger partial charge in [0.05, 0.1) is 34.4 Å². The quantitative estimate of drug-likeness (QED) is 0.0213. The van der Waals surface area contributed by atoms with Crippen LogP contribution in [-0.2, 0) is 28.6 Å². The molecule has 65 heavy (non-hydrogen) atoms. The fourth-order valence-corrected chi connectivity index (χ4v) is 7.80. The number of esters is 2. The monoisotopic (exact) mass is 913 g/mol. The number of carboxylic acids is 1. The van der Waals surface area contributed by atoms with Crippen molar-refractivity contribution >= 4 is 17.9 Å². The maximum Gasteiger partial charge on any atom is 0.362 e. The van der Waals surface area contributed by atoms with Gasteiger partial charge < -0.3 is 23.8 Å². The molecule has 0 amide bonds. The molecule has 376 valence electrons. The highest BCUT2D eigenvalue weighted by Gasteiger charge is 2.31. The lowest BCUT2D eigenvalue weighted by molar-refractivity contribution is -0.887. The van der Waals surface area contributed by atoms with Crippen molar-refractivity contribution in [2.75, 3.05) is 41.0 Å². The number of carboxylic acid groups (broad SMARTS) is 1. The second-order valence-electron chi connectivity index (χ2n) is 19.1. The van der Waals surface area contributed by atoms with Crippen molar-refractivity contribution in [3.05, 3.63) is 60.8 Å². The van der Waals surface area contributed by atoms with Crippen LogP contribution in [0.2, 0.25) is 0 Å². The molecule has 8 heteroatoms. The van der Waals surface area contributed by atoms with Gasteiger partial charge in [0.15, 0.2) is 12.1 Å². The SMILES string of the molecule is CC/C=C/C/C=C/C/C=C/CCCCCCCCCCCCCC(=O)OCC(COCCC(C(=O)O)[N+](C)(C)C)OC(=O)CCCCCCCCCCCC/C=C/C=C/CCCCCC. The summed E-state index contributed by atoms with van der Waals surface area (Å²) in [6.45, 7) is 4.63. The number of nitrogens with zero attached hydrogens (tertiary/aromatic N) is 1. The number of unbranched alkanes of at least 4 members (excludes halogenated alkanes) is 25. The van der Waals surface area contributed by atoms with Gasteiger partial charge in [-0.15, -0.1) is 0 Å². The Morgan fingerprint density at radius 2 is 0.908 bits per heavy atom. The molecule has 1 N–H and O–H groups in total. The molecular formula is C57H102NO7+. The number of quaternary nitrogens is 1. The molecule has 0 fully saturated rings. The van der Waals surface area contributed by atoms with E-state index in [2.05, 4.69) is 74.6 Å². The number of ether oxygens (including phenoxy) is 3. The first kappa shape index (κ1) is 62.0. The number of allylic oxidation sites excluding steroid dienone is 10. The first-order chi connectivity index (χ1) is 31.6. The summed E-state index contributed by atoms with van der Waals surface area (Å²) in [4.78, 5) is 37.2. The van der Waals surface area contributed by atoms with E-state index in [4.69, 9.17) is 14.2 Å². The molecule has 0 aromatic rings. The molecule has 0 aromatic carbocycles. The highest BCUT2D eigenvalue weighted by Crippen LogP contribution is 2.16. The molecule has 0 aliphatic heterocycles. The maximum atomic E-state index is 12.8. The van der Waals surface area contributed by atoms with Crippen LogP contribution in [0, 0.1) is 0 Å². The molecular weight excluding hydrogens is 811 g/mol. The van der Waals surface area contributed by atoms with Crippen LogP contribution in [0.4, 0.5) is 0 Å². The minimum absolute atomic E-state index is 0.0543. The van der Waals surface area contributed by atoms with Crippen molar-refractivity contribution in [2.45, 2.75) is 244 Å². The lowest BCUT2D eigenvalue weighted by atomic mass is 10.0. The number of carbonyl (C=O) groups excluding carboxylic acids is 2. The van der Waals surface area contributed by atoms with Crippen LogP contribution in [0.25, 0.3) is 0 Å². The molecule has 0 aromatic heterocycles. The van der Waals surface area contributed by atoms with Crippen LogP contribution in [-0.4, -0.2) is 80.6 Å². The number of hydrogen-bond donors (Lipinski definition) is 1. The molecule has 0 aliphatic rings. The first-order valence-corrected chi connectivity index (χ1v) is 26.8. The highest BCUT2D eigenvalue weighted by atomic mass is 16.6. The Balaban J connectivity index is 4.21. The third kappa shape index (κ3) is 46.0. The van der Waals surface area contributed by atoms with Crippen molar-refractivity contribution in [1.82, 2.24) is 0 Å². The summed E-state index contributed by atoms with van der Waals surface area (Å²) in [5.74, 6) is -1.47. The van der Waals surface area contributed by atoms with Crippen molar-refractivity contribution in [3.8, 4) is 0 Å². The molecule has 0 spiro atoms. The molecule has 0 bridgehead atoms. The van der Waals surface area contributed by atoms with Gasteiger partial charge in [-0.1, -0.05) is 203 Å². The highest BCUT2D eigenvalue weighted by molar-refractivity contribution is 5.72. The van der Waals surface area contributed by atoms with Crippen LogP contribution in [0.3, 0.4) is 0 Å². The van der Waals surface area contributed by atoms with Gasteiger partial charge in [-0.2, -0.15) is 0 Å². The van der Waals surface area contributed by atoms with Crippen LogP contribution < -0.4 is 0 Å². The minimum atomic E-state index is -0.875. The van der Waals surface area contributed by atoms with Crippen LogP contribution in [0.1, 0.15) is 232 Å². The Morgan fingerprint density at radius 3 is 1.37 bits per heavy atom. The van der Waals surface area contributed by atoms with E-state index in [1.165, 1.54) is 141 Å². The van der Waals surface area contributed by atoms with Crippen molar-refractivity contribution in [3.63, 3.8) is 0 Å². The van der Waals surface area contributed by atoms with Gasteiger partial charge in [-0.05, 0) is 70.6 Å². The summed E-state index contributed by atoms with van der Waals surface area (Å²) in [7, 11) is 5.54. The van der Waals surface area contributed by atoms with Gasteiger partial charge in [0, 0.05) is 19.3 Å². The summed E-state index contributed by atoms with van der Waals surface area (Å²) in [5, 5.41) is 9.67. The third-order valence-electron chi connectivity index (χ3n) is 11.9. The van der Waals surface area contributed by atoms with Crippen molar-refractivity contribution in [1.29, 1.82) is 0 Å². The van der Waals surface area contributed by atoms with E-state index in [-0.39, 0.29) is 36.2 Å².